The van der Waals surface area contributed by atoms with E-state index in [0.717, 1.165) is 6.42 Å². The van der Waals surface area contributed by atoms with E-state index < -0.39 is 5.60 Å². The van der Waals surface area contributed by atoms with Gasteiger partial charge in [0.25, 0.3) is 0 Å². The van der Waals surface area contributed by atoms with Gasteiger partial charge in [-0.25, -0.2) is 4.79 Å². The van der Waals surface area contributed by atoms with Gasteiger partial charge in [-0.1, -0.05) is 6.92 Å². The molecule has 0 aromatic carbocycles. The van der Waals surface area contributed by atoms with E-state index in [1.165, 1.54) is 4.90 Å². The second-order valence-electron chi connectivity index (χ2n) is 9.77. The van der Waals surface area contributed by atoms with Crippen LogP contribution in [0.1, 0.15) is 40.5 Å². The molecule has 0 aliphatic rings. The number of hydrogen-bond acceptors (Lipinski definition) is 12. The lowest BCUT2D eigenvalue weighted by Crippen LogP contribution is -2.36. The molecule has 0 radical (unpaired) electrons. The van der Waals surface area contributed by atoms with Gasteiger partial charge in [0.2, 0.25) is 0 Å². The lowest BCUT2D eigenvalue weighted by Gasteiger charge is -2.24. The summed E-state index contributed by atoms with van der Waals surface area (Å²) in [5.41, 5.74) is -0.510. The summed E-state index contributed by atoms with van der Waals surface area (Å²) >= 11 is 0. The third-order valence-electron chi connectivity index (χ3n) is 4.83. The summed E-state index contributed by atoms with van der Waals surface area (Å²) < 4.78 is 53.7. The number of amides is 1. The van der Waals surface area contributed by atoms with Crippen LogP contribution in [0.5, 0.6) is 0 Å². The van der Waals surface area contributed by atoms with E-state index in [9.17, 15) is 9.59 Å². The monoisotopic (exact) mass is 597 g/mol. The molecule has 244 valence electrons. The van der Waals surface area contributed by atoms with E-state index in [-0.39, 0.29) is 18.7 Å². The van der Waals surface area contributed by atoms with Crippen LogP contribution >= 0.6 is 0 Å². The van der Waals surface area contributed by atoms with Crippen LogP contribution in [-0.4, -0.2) is 148 Å². The molecule has 0 aromatic rings. The van der Waals surface area contributed by atoms with Crippen molar-refractivity contribution in [1.82, 2.24) is 4.90 Å². The lowest BCUT2D eigenvalue weighted by molar-refractivity contribution is -0.145. The number of nitrogens with zero attached hydrogens (tertiary/aromatic N) is 1. The summed E-state index contributed by atoms with van der Waals surface area (Å²) in [4.78, 5) is 24.5. The first-order valence-corrected chi connectivity index (χ1v) is 14.5. The average Bonchev–Trinajstić information content (AvgIpc) is 2.91. The molecule has 0 atom stereocenters. The molecule has 1 amide bonds. The molecule has 0 heterocycles. The van der Waals surface area contributed by atoms with Crippen molar-refractivity contribution in [3.63, 3.8) is 0 Å². The number of carbonyl (C=O) groups is 2. The second kappa shape index (κ2) is 28.5. The van der Waals surface area contributed by atoms with Crippen molar-refractivity contribution in [3.8, 4) is 0 Å². The minimum absolute atomic E-state index is 0.191. The molecule has 0 aliphatic carbocycles. The normalized spacial score (nSPS) is 11.5. The molecule has 0 rings (SSSR count). The van der Waals surface area contributed by atoms with Crippen LogP contribution in [0.25, 0.3) is 0 Å². The minimum Gasteiger partial charge on any atom is -0.463 e. The van der Waals surface area contributed by atoms with Gasteiger partial charge in [0.05, 0.1) is 106 Å². The molecular formula is C28H55NO12. The van der Waals surface area contributed by atoms with E-state index in [0.29, 0.717) is 119 Å². The van der Waals surface area contributed by atoms with E-state index in [4.69, 9.17) is 47.4 Å². The Morgan fingerprint density at radius 2 is 0.854 bits per heavy atom. The second-order valence-corrected chi connectivity index (χ2v) is 9.77. The zero-order valence-electron chi connectivity index (χ0n) is 26.0. The standard InChI is InChI=1S/C28H55NO12/c1-6-7-26(30)40-25-24-39-23-22-38-21-20-37-19-18-36-17-16-35-15-14-34-13-12-33-11-10-32-9-8-29(5)27(31)41-28(2,3)4/h6-25H2,1-5H3. The molecular weight excluding hydrogens is 542 g/mol. The Labute approximate surface area is 246 Å². The van der Waals surface area contributed by atoms with E-state index >= 15 is 0 Å². The van der Waals surface area contributed by atoms with Crippen LogP contribution in [-0.2, 0) is 52.2 Å². The molecule has 0 aliphatic heterocycles. The number of hydrogen-bond donors (Lipinski definition) is 0. The Kier molecular flexibility index (Phi) is 27.4. The number of rotatable bonds is 29. The maximum Gasteiger partial charge on any atom is 0.410 e. The highest BCUT2D eigenvalue weighted by Crippen LogP contribution is 2.08. The van der Waals surface area contributed by atoms with E-state index in [2.05, 4.69) is 0 Å². The van der Waals surface area contributed by atoms with Crippen LogP contribution in [0, 0.1) is 0 Å². The average molecular weight is 598 g/mol. The number of carbonyl (C=O) groups excluding carboxylic acids is 2. The van der Waals surface area contributed by atoms with Gasteiger partial charge < -0.3 is 52.3 Å². The Bertz CT molecular complexity index is 603. The first kappa shape index (κ1) is 39.4. The highest BCUT2D eigenvalue weighted by molar-refractivity contribution is 5.69. The smallest absolute Gasteiger partial charge is 0.410 e. The van der Waals surface area contributed by atoms with Crippen molar-refractivity contribution in [1.29, 1.82) is 0 Å². The molecule has 0 saturated carbocycles. The maximum atomic E-state index is 11.8. The highest BCUT2D eigenvalue weighted by atomic mass is 16.6. The van der Waals surface area contributed by atoms with Crippen molar-refractivity contribution in [2.24, 2.45) is 0 Å². The Morgan fingerprint density at radius 3 is 1.17 bits per heavy atom. The maximum absolute atomic E-state index is 11.8. The zero-order chi connectivity index (χ0) is 30.4. The number of ether oxygens (including phenoxy) is 10. The number of esters is 1. The fraction of sp³-hybridized carbons (Fsp3) is 0.929. The SMILES string of the molecule is CCCC(=O)OCCOCCOCCOCCOCCOCCOCCOCCOCCN(C)C(=O)OC(C)(C)C. The van der Waals surface area contributed by atoms with Crippen LogP contribution in [0.3, 0.4) is 0 Å². The summed E-state index contributed by atoms with van der Waals surface area (Å²) in [7, 11) is 1.68. The van der Waals surface area contributed by atoms with Gasteiger partial charge >= 0.3 is 12.1 Å². The van der Waals surface area contributed by atoms with Crippen molar-refractivity contribution in [2.75, 3.05) is 126 Å². The first-order chi connectivity index (χ1) is 19.8. The molecule has 0 fully saturated rings. The summed E-state index contributed by atoms with van der Waals surface area (Å²) in [6.07, 6.45) is 0.857. The molecule has 0 spiro atoms. The predicted octanol–water partition coefficient (Wildman–Crippen LogP) is 2.33. The van der Waals surface area contributed by atoms with Crippen molar-refractivity contribution in [2.45, 2.75) is 46.1 Å². The van der Waals surface area contributed by atoms with Gasteiger partial charge in [-0.05, 0) is 27.2 Å². The summed E-state index contributed by atoms with van der Waals surface area (Å²) in [6, 6.07) is 0. The first-order valence-electron chi connectivity index (χ1n) is 14.5. The summed E-state index contributed by atoms with van der Waals surface area (Å²) in [5.74, 6) is -0.191. The molecule has 41 heavy (non-hydrogen) atoms. The molecule has 13 nitrogen and oxygen atoms in total. The highest BCUT2D eigenvalue weighted by Gasteiger charge is 2.19. The fourth-order valence-electron chi connectivity index (χ4n) is 2.76. The third kappa shape index (κ3) is 31.2. The molecule has 0 saturated heterocycles. The minimum atomic E-state index is -0.510. The van der Waals surface area contributed by atoms with Crippen LogP contribution in [0.15, 0.2) is 0 Å². The summed E-state index contributed by atoms with van der Waals surface area (Å²) in [5, 5.41) is 0. The predicted molar refractivity (Wildman–Crippen MR) is 151 cm³/mol. The van der Waals surface area contributed by atoms with Crippen molar-refractivity contribution < 1.29 is 57.0 Å². The van der Waals surface area contributed by atoms with Crippen LogP contribution in [0.4, 0.5) is 4.79 Å². The molecule has 13 heteroatoms. The quantitative estimate of drug-likeness (QED) is 0.0927. The third-order valence-corrected chi connectivity index (χ3v) is 4.83. The Balaban J connectivity index is 3.18. The summed E-state index contributed by atoms with van der Waals surface area (Å²) in [6.45, 7) is 15.6. The fourth-order valence-corrected chi connectivity index (χ4v) is 2.76. The lowest BCUT2D eigenvalue weighted by atomic mass is 10.2. The number of likely N-dealkylation sites (N-methyl/N-ethyl adjacent to an activating group) is 1. The van der Waals surface area contributed by atoms with E-state index in [1.54, 1.807) is 7.05 Å². The Hall–Kier alpha value is -1.58. The van der Waals surface area contributed by atoms with Gasteiger partial charge in [-0.15, -0.1) is 0 Å². The van der Waals surface area contributed by atoms with Crippen molar-refractivity contribution in [3.05, 3.63) is 0 Å². The van der Waals surface area contributed by atoms with Gasteiger partial charge in [0.1, 0.15) is 12.2 Å². The zero-order valence-corrected chi connectivity index (χ0v) is 26.0. The molecule has 0 aromatic heterocycles. The molecule has 0 N–H and O–H groups in total. The van der Waals surface area contributed by atoms with Crippen molar-refractivity contribution >= 4 is 12.1 Å². The topological polar surface area (TPSA) is 130 Å². The van der Waals surface area contributed by atoms with Crippen LogP contribution < -0.4 is 0 Å². The van der Waals surface area contributed by atoms with E-state index in [1.807, 2.05) is 27.7 Å². The largest absolute Gasteiger partial charge is 0.463 e. The molecule has 0 unspecified atom stereocenters. The molecule has 0 bridgehead atoms. The van der Waals surface area contributed by atoms with Crippen LogP contribution in [0.2, 0.25) is 0 Å². The van der Waals surface area contributed by atoms with Gasteiger partial charge in [0, 0.05) is 20.0 Å². The van der Waals surface area contributed by atoms with Gasteiger partial charge in [0.15, 0.2) is 0 Å². The van der Waals surface area contributed by atoms with Gasteiger partial charge in [-0.3, -0.25) is 4.79 Å². The Morgan fingerprint density at radius 1 is 0.537 bits per heavy atom. The van der Waals surface area contributed by atoms with Gasteiger partial charge in [-0.2, -0.15) is 0 Å².